The average Bonchev–Trinajstić information content (AvgIpc) is 3.09. The molecule has 0 radical (unpaired) electrons. The Morgan fingerprint density at radius 2 is 1.95 bits per heavy atom. The van der Waals surface area contributed by atoms with Crippen LogP contribution in [0.1, 0.15) is 29.5 Å². The topological polar surface area (TPSA) is 82.5 Å². The fourth-order valence-electron chi connectivity index (χ4n) is 1.79. The van der Waals surface area contributed by atoms with Gasteiger partial charge >= 0.3 is 0 Å². The lowest BCUT2D eigenvalue weighted by atomic mass is 10.2. The maximum atomic E-state index is 5.18. The molecule has 21 heavy (non-hydrogen) atoms. The predicted molar refractivity (Wildman–Crippen MR) is 77.2 cm³/mol. The van der Waals surface area contributed by atoms with Crippen LogP contribution in [-0.4, -0.2) is 30.3 Å². The van der Waals surface area contributed by atoms with Crippen LogP contribution < -0.4 is 0 Å². The Kier molecular flexibility index (Phi) is 3.70. The van der Waals surface area contributed by atoms with Gasteiger partial charge in [-0.25, -0.2) is 0 Å². The molecule has 1 aromatic carbocycles. The largest absolute Gasteiger partial charge is 0.338 e. The second-order valence-corrected chi connectivity index (χ2v) is 5.96. The molecule has 0 saturated carbocycles. The van der Waals surface area contributed by atoms with Crippen LogP contribution in [0.2, 0.25) is 0 Å². The smallest absolute Gasteiger partial charge is 0.239 e. The third-order valence-corrected chi connectivity index (χ3v) is 3.91. The summed E-state index contributed by atoms with van der Waals surface area (Å²) in [6.45, 7) is 5.81. The summed E-state index contributed by atoms with van der Waals surface area (Å²) < 4.78 is 6.87. The zero-order chi connectivity index (χ0) is 14.8. The molecule has 7 nitrogen and oxygen atoms in total. The van der Waals surface area contributed by atoms with Crippen LogP contribution in [0.15, 0.2) is 33.9 Å². The van der Waals surface area contributed by atoms with Crippen LogP contribution in [0.4, 0.5) is 0 Å². The zero-order valence-corrected chi connectivity index (χ0v) is 12.7. The number of hydrogen-bond donors (Lipinski definition) is 0. The van der Waals surface area contributed by atoms with E-state index in [1.165, 1.54) is 17.3 Å². The van der Waals surface area contributed by atoms with Crippen LogP contribution >= 0.6 is 11.8 Å². The summed E-state index contributed by atoms with van der Waals surface area (Å²) in [5.41, 5.74) is 2.11. The van der Waals surface area contributed by atoms with E-state index in [0.717, 1.165) is 5.69 Å². The summed E-state index contributed by atoms with van der Waals surface area (Å²) in [6.07, 6.45) is 0. The summed E-state index contributed by atoms with van der Waals surface area (Å²) in [5, 5.41) is 16.3. The average molecular weight is 302 g/mol. The second-order valence-electron chi connectivity index (χ2n) is 4.65. The molecule has 0 aliphatic rings. The monoisotopic (exact) mass is 302 g/mol. The third-order valence-electron chi connectivity index (χ3n) is 2.89. The summed E-state index contributed by atoms with van der Waals surface area (Å²) in [7, 11) is 0. The van der Waals surface area contributed by atoms with E-state index in [4.69, 9.17) is 4.52 Å². The van der Waals surface area contributed by atoms with Crippen molar-refractivity contribution in [3.8, 4) is 5.69 Å². The van der Waals surface area contributed by atoms with Gasteiger partial charge in [0.25, 0.3) is 0 Å². The third kappa shape index (κ3) is 2.94. The Labute approximate surface area is 125 Å². The van der Waals surface area contributed by atoms with Crippen LogP contribution in [0.25, 0.3) is 5.69 Å². The van der Waals surface area contributed by atoms with Gasteiger partial charge in [-0.05, 0) is 43.3 Å². The van der Waals surface area contributed by atoms with Crippen LogP contribution in [-0.2, 0) is 0 Å². The molecule has 0 N–H and O–H groups in total. The Hall–Kier alpha value is -2.22. The molecule has 0 amide bonds. The molecule has 2 heterocycles. The predicted octanol–water partition coefficient (Wildman–Crippen LogP) is 2.52. The first-order valence-corrected chi connectivity index (χ1v) is 7.34. The van der Waals surface area contributed by atoms with E-state index in [1.54, 1.807) is 11.6 Å². The lowest BCUT2D eigenvalue weighted by molar-refractivity contribution is 0.376. The highest BCUT2D eigenvalue weighted by Crippen LogP contribution is 2.33. The zero-order valence-electron chi connectivity index (χ0n) is 11.9. The molecule has 0 aliphatic carbocycles. The normalized spacial score (nSPS) is 12.5. The van der Waals surface area contributed by atoms with Crippen molar-refractivity contribution in [2.75, 3.05) is 0 Å². The van der Waals surface area contributed by atoms with Crippen molar-refractivity contribution in [3.63, 3.8) is 0 Å². The number of aromatic nitrogens is 6. The number of nitrogens with zero attached hydrogens (tertiary/aromatic N) is 6. The molecule has 0 saturated heterocycles. The quantitative estimate of drug-likeness (QED) is 0.685. The molecule has 3 aromatic rings. The minimum absolute atomic E-state index is 0.0265. The fourth-order valence-corrected chi connectivity index (χ4v) is 2.63. The molecule has 0 fully saturated rings. The van der Waals surface area contributed by atoms with Crippen molar-refractivity contribution < 1.29 is 4.52 Å². The highest BCUT2D eigenvalue weighted by molar-refractivity contribution is 7.99. The van der Waals surface area contributed by atoms with Crippen LogP contribution in [0, 0.1) is 13.8 Å². The minimum atomic E-state index is -0.0265. The summed E-state index contributed by atoms with van der Waals surface area (Å²) in [6, 6.07) is 8.01. The standard InChI is InChI=1S/C13H14N6OS/c1-8-4-6-11(7-5-8)19-13(15-17-18-19)21-9(2)12-14-10(3)16-20-12/h4-7,9H,1-3H3. The van der Waals surface area contributed by atoms with E-state index >= 15 is 0 Å². The molecule has 0 spiro atoms. The highest BCUT2D eigenvalue weighted by Gasteiger charge is 2.19. The van der Waals surface area contributed by atoms with Crippen molar-refractivity contribution in [3.05, 3.63) is 41.5 Å². The molecule has 3 rings (SSSR count). The minimum Gasteiger partial charge on any atom is -0.338 e. The SMILES string of the molecule is Cc1ccc(-n2nnnc2SC(C)c2nc(C)no2)cc1. The van der Waals surface area contributed by atoms with E-state index in [9.17, 15) is 0 Å². The first-order chi connectivity index (χ1) is 10.1. The number of rotatable bonds is 4. The van der Waals surface area contributed by atoms with E-state index in [0.29, 0.717) is 16.9 Å². The van der Waals surface area contributed by atoms with Gasteiger partial charge in [-0.2, -0.15) is 9.67 Å². The Bertz CT molecular complexity index is 735. The Morgan fingerprint density at radius 3 is 2.62 bits per heavy atom. The van der Waals surface area contributed by atoms with Crippen molar-refractivity contribution in [1.82, 2.24) is 30.3 Å². The number of benzene rings is 1. The van der Waals surface area contributed by atoms with Gasteiger partial charge in [0, 0.05) is 0 Å². The molecule has 8 heteroatoms. The van der Waals surface area contributed by atoms with Gasteiger partial charge in [0.05, 0.1) is 10.9 Å². The number of hydrogen-bond acceptors (Lipinski definition) is 7. The molecular weight excluding hydrogens is 288 g/mol. The van der Waals surface area contributed by atoms with Gasteiger partial charge in [0.2, 0.25) is 11.0 Å². The van der Waals surface area contributed by atoms with Gasteiger partial charge in [-0.15, -0.1) is 5.10 Å². The lowest BCUT2D eigenvalue weighted by Crippen LogP contribution is -2.00. The van der Waals surface area contributed by atoms with Crippen molar-refractivity contribution >= 4 is 11.8 Å². The van der Waals surface area contributed by atoms with Gasteiger partial charge in [0.15, 0.2) is 5.82 Å². The van der Waals surface area contributed by atoms with Crippen LogP contribution in [0.5, 0.6) is 0 Å². The van der Waals surface area contributed by atoms with Gasteiger partial charge < -0.3 is 4.52 Å². The van der Waals surface area contributed by atoms with E-state index in [2.05, 4.69) is 25.7 Å². The highest BCUT2D eigenvalue weighted by atomic mass is 32.2. The molecule has 0 bridgehead atoms. The van der Waals surface area contributed by atoms with Crippen molar-refractivity contribution in [2.45, 2.75) is 31.2 Å². The maximum absolute atomic E-state index is 5.18. The molecule has 108 valence electrons. The van der Waals surface area contributed by atoms with Gasteiger partial charge in [-0.1, -0.05) is 34.6 Å². The molecular formula is C13H14N6OS. The number of tetrazole rings is 1. The first-order valence-electron chi connectivity index (χ1n) is 6.46. The Balaban J connectivity index is 1.84. The van der Waals surface area contributed by atoms with Crippen LogP contribution in [0.3, 0.4) is 0 Å². The first kappa shape index (κ1) is 13.7. The van der Waals surface area contributed by atoms with E-state index in [1.807, 2.05) is 38.1 Å². The molecule has 1 atom stereocenters. The molecule has 2 aromatic heterocycles. The number of aryl methyl sites for hydroxylation is 2. The molecule has 1 unspecified atom stereocenters. The summed E-state index contributed by atoms with van der Waals surface area (Å²) >= 11 is 1.47. The van der Waals surface area contributed by atoms with E-state index < -0.39 is 0 Å². The lowest BCUT2D eigenvalue weighted by Gasteiger charge is -2.07. The Morgan fingerprint density at radius 1 is 1.19 bits per heavy atom. The van der Waals surface area contributed by atoms with Gasteiger partial charge in [0.1, 0.15) is 0 Å². The fraction of sp³-hybridized carbons (Fsp3) is 0.308. The summed E-state index contributed by atoms with van der Waals surface area (Å²) in [5.74, 6) is 1.19. The van der Waals surface area contributed by atoms with Gasteiger partial charge in [-0.3, -0.25) is 0 Å². The second kappa shape index (κ2) is 5.65. The maximum Gasteiger partial charge on any atom is 0.239 e. The van der Waals surface area contributed by atoms with E-state index in [-0.39, 0.29) is 5.25 Å². The van der Waals surface area contributed by atoms with Crippen molar-refractivity contribution in [2.24, 2.45) is 0 Å². The molecule has 0 aliphatic heterocycles. The summed E-state index contributed by atoms with van der Waals surface area (Å²) in [4.78, 5) is 4.23. The van der Waals surface area contributed by atoms with Crippen molar-refractivity contribution in [1.29, 1.82) is 0 Å². The number of thioether (sulfide) groups is 1.